The fourth-order valence-electron chi connectivity index (χ4n) is 2.14. The Hall–Kier alpha value is -2.70. The quantitative estimate of drug-likeness (QED) is 0.402. The minimum Gasteiger partial charge on any atom is -0.439 e. The maximum atomic E-state index is 10.9. The highest BCUT2D eigenvalue weighted by Gasteiger charge is 2.09. The molecule has 0 bridgehead atoms. The number of rotatable bonds is 4. The standard InChI is InChI=1S/C13H13N5O2/c1-16-7-8-17(9-16)6-5-12-14-10-3-2-4-11(18(19)20)13(10)15-12/h2-4,7-9H,5-6H2,1H3. The molecule has 0 amide bonds. The van der Waals surface area contributed by atoms with E-state index in [4.69, 9.17) is 0 Å². The van der Waals surface area contributed by atoms with E-state index in [1.54, 1.807) is 12.1 Å². The lowest BCUT2D eigenvalue weighted by Crippen LogP contribution is -2.23. The summed E-state index contributed by atoms with van der Waals surface area (Å²) in [5.74, 6) is 0.630. The maximum absolute atomic E-state index is 10.9. The van der Waals surface area contributed by atoms with Crippen molar-refractivity contribution in [2.24, 2.45) is 7.05 Å². The number of non-ortho nitro benzene ring substituents is 1. The van der Waals surface area contributed by atoms with Gasteiger partial charge in [-0.15, -0.1) is 0 Å². The first-order chi connectivity index (χ1) is 9.63. The third-order valence-electron chi connectivity index (χ3n) is 3.10. The van der Waals surface area contributed by atoms with Gasteiger partial charge >= 0.3 is 0 Å². The fourth-order valence-corrected chi connectivity index (χ4v) is 2.14. The lowest BCUT2D eigenvalue weighted by Gasteiger charge is -2.00. The molecular formula is C13H13N5O2. The summed E-state index contributed by atoms with van der Waals surface area (Å²) in [5, 5.41) is 10.9. The summed E-state index contributed by atoms with van der Waals surface area (Å²) in [6, 6.07) is 4.83. The van der Waals surface area contributed by atoms with Crippen LogP contribution in [0.3, 0.4) is 0 Å². The third kappa shape index (κ3) is 2.25. The summed E-state index contributed by atoms with van der Waals surface area (Å²) < 4.78 is 3.97. The summed E-state index contributed by atoms with van der Waals surface area (Å²) in [7, 11) is 1.95. The smallest absolute Gasteiger partial charge is 0.272 e. The summed E-state index contributed by atoms with van der Waals surface area (Å²) in [6.07, 6.45) is 6.52. The second kappa shape index (κ2) is 4.76. The maximum Gasteiger partial charge on any atom is 0.272 e. The Morgan fingerprint density at radius 2 is 2.35 bits per heavy atom. The number of aromatic nitrogens is 4. The van der Waals surface area contributed by atoms with Crippen LogP contribution in [0.1, 0.15) is 5.82 Å². The fraction of sp³-hybridized carbons (Fsp3) is 0.231. The molecule has 20 heavy (non-hydrogen) atoms. The summed E-state index contributed by atoms with van der Waals surface area (Å²) >= 11 is 0. The van der Waals surface area contributed by atoms with Crippen LogP contribution >= 0.6 is 0 Å². The van der Waals surface area contributed by atoms with Crippen molar-refractivity contribution in [1.82, 2.24) is 14.5 Å². The van der Waals surface area contributed by atoms with E-state index >= 15 is 0 Å². The first kappa shape index (κ1) is 12.3. The Labute approximate surface area is 114 Å². The largest absolute Gasteiger partial charge is 0.439 e. The van der Waals surface area contributed by atoms with Gasteiger partial charge in [-0.1, -0.05) is 18.0 Å². The molecule has 1 aromatic carbocycles. The normalized spacial score (nSPS) is 11.1. The molecule has 0 radical (unpaired) electrons. The second-order valence-corrected chi connectivity index (χ2v) is 4.61. The summed E-state index contributed by atoms with van der Waals surface area (Å²) in [6.45, 7) is 0.741. The molecule has 7 heteroatoms. The molecule has 0 fully saturated rings. The van der Waals surface area contributed by atoms with E-state index in [2.05, 4.69) is 9.97 Å². The van der Waals surface area contributed by atoms with Crippen LogP contribution in [0, 0.1) is 10.1 Å². The van der Waals surface area contributed by atoms with Gasteiger partial charge in [-0.25, -0.2) is 9.13 Å². The molecule has 0 aliphatic heterocycles. The van der Waals surface area contributed by atoms with Gasteiger partial charge in [0.15, 0.2) is 0 Å². The van der Waals surface area contributed by atoms with Gasteiger partial charge in [-0.3, -0.25) is 10.1 Å². The van der Waals surface area contributed by atoms with E-state index in [-0.39, 0.29) is 5.69 Å². The van der Waals surface area contributed by atoms with Crippen molar-refractivity contribution >= 4 is 16.7 Å². The molecule has 7 nitrogen and oxygen atoms in total. The highest BCUT2D eigenvalue weighted by atomic mass is 16.6. The van der Waals surface area contributed by atoms with Gasteiger partial charge in [0.25, 0.3) is 5.69 Å². The van der Waals surface area contributed by atoms with Crippen molar-refractivity contribution in [3.05, 3.63) is 52.9 Å². The molecule has 102 valence electrons. The molecule has 2 heterocycles. The van der Waals surface area contributed by atoms with E-state index < -0.39 is 4.92 Å². The predicted octanol–water partition coefficient (Wildman–Crippen LogP) is 0.969. The first-order valence-corrected chi connectivity index (χ1v) is 6.21. The lowest BCUT2D eigenvalue weighted by molar-refractivity contribution is -0.671. The van der Waals surface area contributed by atoms with Crippen LogP contribution in [-0.4, -0.2) is 14.5 Å². The molecular weight excluding hydrogens is 258 g/mol. The summed E-state index contributed by atoms with van der Waals surface area (Å²) in [4.78, 5) is 19.1. The van der Waals surface area contributed by atoms with Crippen LogP contribution in [0.4, 0.5) is 5.69 Å². The number of nitro groups is 1. The Kier molecular flexibility index (Phi) is 2.94. The van der Waals surface area contributed by atoms with Gasteiger partial charge in [-0.2, -0.15) is 0 Å². The van der Waals surface area contributed by atoms with Crippen molar-refractivity contribution in [3.63, 3.8) is 0 Å². The average Bonchev–Trinajstić information content (AvgIpc) is 3.01. The molecule has 3 rings (SSSR count). The number of hydrogen-bond acceptors (Lipinski definition) is 3. The van der Waals surface area contributed by atoms with Crippen molar-refractivity contribution < 1.29 is 9.49 Å². The second-order valence-electron chi connectivity index (χ2n) is 4.61. The van der Waals surface area contributed by atoms with Crippen molar-refractivity contribution in [2.75, 3.05) is 0 Å². The zero-order chi connectivity index (χ0) is 14.1. The van der Waals surface area contributed by atoms with Gasteiger partial charge in [0, 0.05) is 18.0 Å². The minimum atomic E-state index is -0.424. The number of nitrogens with zero attached hydrogens (tertiary/aromatic N) is 5. The zero-order valence-electron chi connectivity index (χ0n) is 10.9. The third-order valence-corrected chi connectivity index (χ3v) is 3.10. The predicted molar refractivity (Wildman–Crippen MR) is 71.0 cm³/mol. The van der Waals surface area contributed by atoms with E-state index in [0.717, 1.165) is 6.54 Å². The van der Waals surface area contributed by atoms with Crippen LogP contribution in [-0.2, 0) is 20.0 Å². The van der Waals surface area contributed by atoms with Gasteiger partial charge < -0.3 is 9.97 Å². The molecule has 0 N–H and O–H groups in total. The van der Waals surface area contributed by atoms with Gasteiger partial charge in [0.2, 0.25) is 6.33 Å². The molecule has 0 spiro atoms. The van der Waals surface area contributed by atoms with Crippen molar-refractivity contribution in [3.8, 4) is 0 Å². The first-order valence-electron chi connectivity index (χ1n) is 6.21. The van der Waals surface area contributed by atoms with Crippen molar-refractivity contribution in [2.45, 2.75) is 13.0 Å². The van der Waals surface area contributed by atoms with E-state index in [1.807, 2.05) is 34.9 Å². The molecule has 3 aromatic rings. The zero-order valence-corrected chi connectivity index (χ0v) is 10.9. The van der Waals surface area contributed by atoms with Crippen LogP contribution in [0.25, 0.3) is 11.0 Å². The molecule has 0 atom stereocenters. The molecule has 2 aromatic heterocycles. The SMILES string of the molecule is C[n+]1ccn(CCc2nc3cccc([N+](=O)[O-])c3[n-]2)c1. The molecule has 0 saturated heterocycles. The van der Waals surface area contributed by atoms with Crippen LogP contribution in [0.2, 0.25) is 0 Å². The Bertz CT molecular complexity index is 774. The van der Waals surface area contributed by atoms with Gasteiger partial charge in [0.05, 0.1) is 18.5 Å². The average molecular weight is 271 g/mol. The lowest BCUT2D eigenvalue weighted by atomic mass is 10.3. The van der Waals surface area contributed by atoms with E-state index in [9.17, 15) is 10.1 Å². The molecule has 0 aliphatic carbocycles. The number of aryl methyl sites for hydroxylation is 3. The number of nitro benzene ring substituents is 1. The van der Waals surface area contributed by atoms with Crippen molar-refractivity contribution in [1.29, 1.82) is 0 Å². The number of hydrogen-bond donors (Lipinski definition) is 0. The number of benzene rings is 1. The van der Waals surface area contributed by atoms with Crippen LogP contribution in [0.15, 0.2) is 36.9 Å². The van der Waals surface area contributed by atoms with Crippen LogP contribution in [0.5, 0.6) is 0 Å². The topological polar surface area (TPSA) is 78.9 Å². The van der Waals surface area contributed by atoms with Crippen LogP contribution < -0.4 is 9.55 Å². The Balaban J connectivity index is 1.86. The summed E-state index contributed by atoms with van der Waals surface area (Å²) in [5.41, 5.74) is 0.950. The highest BCUT2D eigenvalue weighted by Crippen LogP contribution is 2.22. The molecule has 0 aliphatic rings. The molecule has 0 unspecified atom stereocenters. The van der Waals surface area contributed by atoms with Gasteiger partial charge in [-0.05, 0) is 5.52 Å². The number of para-hydroxylation sites is 1. The molecule has 0 saturated carbocycles. The number of fused-ring (bicyclic) bond motifs is 1. The minimum absolute atomic E-state index is 0.00798. The number of imidazole rings is 2. The highest BCUT2D eigenvalue weighted by molar-refractivity contribution is 5.84. The Morgan fingerprint density at radius 3 is 3.05 bits per heavy atom. The monoisotopic (exact) mass is 271 g/mol. The van der Waals surface area contributed by atoms with E-state index in [0.29, 0.717) is 23.3 Å². The van der Waals surface area contributed by atoms with Gasteiger partial charge in [0.1, 0.15) is 12.4 Å². The Morgan fingerprint density at radius 1 is 1.50 bits per heavy atom. The van der Waals surface area contributed by atoms with E-state index in [1.165, 1.54) is 6.07 Å².